The quantitative estimate of drug-likeness (QED) is 0.905. The van der Waals surface area contributed by atoms with Crippen LogP contribution in [0.4, 0.5) is 4.39 Å². The maximum absolute atomic E-state index is 13.7. The van der Waals surface area contributed by atoms with Crippen LogP contribution in [0.1, 0.15) is 11.3 Å². The molecule has 0 amide bonds. The van der Waals surface area contributed by atoms with Crippen LogP contribution in [0.15, 0.2) is 24.3 Å². The Balaban J connectivity index is 2.54. The maximum atomic E-state index is 13.7. The molecular weight excluding hydrogens is 235 g/mol. The summed E-state index contributed by atoms with van der Waals surface area (Å²) in [5.41, 5.74) is 2.17. The third kappa shape index (κ3) is 2.11. The van der Waals surface area contributed by atoms with E-state index in [0.717, 1.165) is 0 Å². The average Bonchev–Trinajstić information content (AvgIpc) is 2.57. The summed E-state index contributed by atoms with van der Waals surface area (Å²) >= 11 is 0. The number of hydrogen-bond donors (Lipinski definition) is 1. The van der Waals surface area contributed by atoms with Gasteiger partial charge in [0.15, 0.2) is 0 Å². The third-order valence-electron chi connectivity index (χ3n) is 2.88. The van der Waals surface area contributed by atoms with Crippen LogP contribution < -0.4 is 0 Å². The van der Waals surface area contributed by atoms with E-state index in [1.54, 1.807) is 32.2 Å². The van der Waals surface area contributed by atoms with Crippen molar-refractivity contribution in [1.82, 2.24) is 9.78 Å². The smallest absolute Gasteiger partial charge is 0.309 e. The van der Waals surface area contributed by atoms with E-state index in [4.69, 9.17) is 5.11 Å². The monoisotopic (exact) mass is 248 g/mol. The number of halogens is 1. The highest BCUT2D eigenvalue weighted by molar-refractivity contribution is 5.72. The summed E-state index contributed by atoms with van der Waals surface area (Å²) in [7, 11) is 1.66. The predicted molar refractivity (Wildman–Crippen MR) is 64.7 cm³/mol. The largest absolute Gasteiger partial charge is 0.481 e. The number of nitrogens with zero attached hydrogens (tertiary/aromatic N) is 2. The predicted octanol–water partition coefficient (Wildman–Crippen LogP) is 2.16. The van der Waals surface area contributed by atoms with Gasteiger partial charge in [0.2, 0.25) is 0 Å². The number of carboxylic acid groups (broad SMARTS) is 1. The third-order valence-corrected chi connectivity index (χ3v) is 2.88. The first-order valence-electron chi connectivity index (χ1n) is 5.50. The molecular formula is C13H13FN2O2. The lowest BCUT2D eigenvalue weighted by molar-refractivity contribution is -0.136. The Morgan fingerprint density at radius 2 is 2.11 bits per heavy atom. The van der Waals surface area contributed by atoms with Gasteiger partial charge in [-0.15, -0.1) is 0 Å². The lowest BCUT2D eigenvalue weighted by Gasteiger charge is -2.00. The maximum Gasteiger partial charge on any atom is 0.309 e. The normalized spacial score (nSPS) is 10.6. The lowest BCUT2D eigenvalue weighted by atomic mass is 10.1. The van der Waals surface area contributed by atoms with Crippen LogP contribution in [0, 0.1) is 12.7 Å². The number of benzene rings is 1. The zero-order valence-electron chi connectivity index (χ0n) is 10.1. The van der Waals surface area contributed by atoms with Crippen molar-refractivity contribution in [3.05, 3.63) is 41.3 Å². The van der Waals surface area contributed by atoms with Crippen LogP contribution in [0.3, 0.4) is 0 Å². The van der Waals surface area contributed by atoms with Crippen LogP contribution in [-0.4, -0.2) is 20.9 Å². The fourth-order valence-electron chi connectivity index (χ4n) is 1.96. The molecule has 0 bridgehead atoms. The molecule has 0 atom stereocenters. The molecule has 0 aliphatic rings. The molecule has 18 heavy (non-hydrogen) atoms. The van der Waals surface area contributed by atoms with Gasteiger partial charge < -0.3 is 5.11 Å². The Morgan fingerprint density at radius 1 is 1.44 bits per heavy atom. The first kappa shape index (κ1) is 12.3. The van der Waals surface area contributed by atoms with E-state index in [1.165, 1.54) is 10.7 Å². The van der Waals surface area contributed by atoms with Gasteiger partial charge in [-0.25, -0.2) is 4.39 Å². The number of carboxylic acids is 1. The number of aliphatic carboxylic acids is 1. The molecule has 4 nitrogen and oxygen atoms in total. The molecule has 2 aromatic rings. The molecule has 0 unspecified atom stereocenters. The molecule has 0 saturated heterocycles. The van der Waals surface area contributed by atoms with Crippen LogP contribution in [0.2, 0.25) is 0 Å². The molecule has 0 radical (unpaired) electrons. The summed E-state index contributed by atoms with van der Waals surface area (Å²) in [4.78, 5) is 10.8. The molecule has 0 saturated carbocycles. The second kappa shape index (κ2) is 4.60. The molecule has 1 aromatic carbocycles. The summed E-state index contributed by atoms with van der Waals surface area (Å²) < 4.78 is 15.2. The van der Waals surface area contributed by atoms with E-state index >= 15 is 0 Å². The molecule has 2 rings (SSSR count). The van der Waals surface area contributed by atoms with Crippen LogP contribution in [0.5, 0.6) is 0 Å². The highest BCUT2D eigenvalue weighted by Gasteiger charge is 2.17. The number of hydrogen-bond acceptors (Lipinski definition) is 2. The summed E-state index contributed by atoms with van der Waals surface area (Å²) in [6.07, 6.45) is -0.121. The minimum Gasteiger partial charge on any atom is -0.481 e. The highest BCUT2D eigenvalue weighted by atomic mass is 19.1. The molecule has 0 aliphatic heterocycles. The van der Waals surface area contributed by atoms with Gasteiger partial charge in [-0.05, 0) is 24.6 Å². The van der Waals surface area contributed by atoms with Crippen LogP contribution >= 0.6 is 0 Å². The van der Waals surface area contributed by atoms with Crippen LogP contribution in [-0.2, 0) is 18.3 Å². The molecule has 1 N–H and O–H groups in total. The minimum absolute atomic E-state index is 0.121. The van der Waals surface area contributed by atoms with Gasteiger partial charge in [0.05, 0.1) is 17.8 Å². The average molecular weight is 248 g/mol. The van der Waals surface area contributed by atoms with Gasteiger partial charge in [0.1, 0.15) is 5.82 Å². The summed E-state index contributed by atoms with van der Waals surface area (Å²) in [5.74, 6) is -1.29. The highest BCUT2D eigenvalue weighted by Crippen LogP contribution is 2.26. The molecule has 0 fully saturated rings. The van der Waals surface area contributed by atoms with E-state index in [2.05, 4.69) is 5.10 Å². The van der Waals surface area contributed by atoms with Gasteiger partial charge in [-0.3, -0.25) is 9.48 Å². The standard InChI is InChI=1S/C13H13FN2O2/c1-8-11(7-12(17)18)16(2)15-13(8)9-5-3-4-6-10(9)14/h3-6H,7H2,1-2H3,(H,17,18). The molecule has 0 spiro atoms. The number of rotatable bonds is 3. The van der Waals surface area contributed by atoms with Gasteiger partial charge in [0.25, 0.3) is 0 Å². The van der Waals surface area contributed by atoms with E-state index in [-0.39, 0.29) is 12.2 Å². The van der Waals surface area contributed by atoms with Gasteiger partial charge in [-0.1, -0.05) is 12.1 Å². The number of aryl methyl sites for hydroxylation is 1. The van der Waals surface area contributed by atoms with E-state index in [9.17, 15) is 9.18 Å². The molecule has 1 heterocycles. The zero-order chi connectivity index (χ0) is 13.3. The summed E-state index contributed by atoms with van der Waals surface area (Å²) in [5, 5.41) is 13.0. The van der Waals surface area contributed by atoms with Crippen molar-refractivity contribution in [1.29, 1.82) is 0 Å². The second-order valence-corrected chi connectivity index (χ2v) is 4.09. The van der Waals surface area contributed by atoms with Crippen molar-refractivity contribution in [3.8, 4) is 11.3 Å². The van der Waals surface area contributed by atoms with Crippen molar-refractivity contribution in [2.75, 3.05) is 0 Å². The number of carbonyl (C=O) groups is 1. The molecule has 5 heteroatoms. The minimum atomic E-state index is -0.929. The summed E-state index contributed by atoms with van der Waals surface area (Å²) in [6, 6.07) is 6.33. The van der Waals surface area contributed by atoms with Crippen LogP contribution in [0.25, 0.3) is 11.3 Å². The van der Waals surface area contributed by atoms with Crippen molar-refractivity contribution in [2.45, 2.75) is 13.3 Å². The SMILES string of the molecule is Cc1c(-c2ccccc2F)nn(C)c1CC(=O)O. The Kier molecular flexibility index (Phi) is 3.14. The van der Waals surface area contributed by atoms with Gasteiger partial charge in [-0.2, -0.15) is 5.10 Å². The number of aromatic nitrogens is 2. The Hall–Kier alpha value is -2.17. The Labute approximate surface area is 104 Å². The molecule has 94 valence electrons. The van der Waals surface area contributed by atoms with Crippen molar-refractivity contribution < 1.29 is 14.3 Å². The van der Waals surface area contributed by atoms with Crippen molar-refractivity contribution in [2.24, 2.45) is 7.05 Å². The zero-order valence-corrected chi connectivity index (χ0v) is 10.1. The first-order valence-corrected chi connectivity index (χ1v) is 5.50. The second-order valence-electron chi connectivity index (χ2n) is 4.09. The first-order chi connectivity index (χ1) is 8.50. The van der Waals surface area contributed by atoms with Crippen molar-refractivity contribution >= 4 is 5.97 Å². The van der Waals surface area contributed by atoms with Gasteiger partial charge >= 0.3 is 5.97 Å². The van der Waals surface area contributed by atoms with Crippen molar-refractivity contribution in [3.63, 3.8) is 0 Å². The Morgan fingerprint density at radius 3 is 2.72 bits per heavy atom. The van der Waals surface area contributed by atoms with Gasteiger partial charge in [0, 0.05) is 12.6 Å². The lowest BCUT2D eigenvalue weighted by Crippen LogP contribution is -2.06. The van der Waals surface area contributed by atoms with E-state index in [1.807, 2.05) is 0 Å². The Bertz CT molecular complexity index is 605. The fraction of sp³-hybridized carbons (Fsp3) is 0.231. The topological polar surface area (TPSA) is 55.1 Å². The fourth-order valence-corrected chi connectivity index (χ4v) is 1.96. The van der Waals surface area contributed by atoms with E-state index in [0.29, 0.717) is 22.5 Å². The van der Waals surface area contributed by atoms with E-state index < -0.39 is 5.97 Å². The molecule has 0 aliphatic carbocycles. The summed E-state index contributed by atoms with van der Waals surface area (Å²) in [6.45, 7) is 1.76. The molecule has 1 aromatic heterocycles.